The van der Waals surface area contributed by atoms with Gasteiger partial charge in [0.15, 0.2) is 24.5 Å². The van der Waals surface area contributed by atoms with Crippen molar-refractivity contribution in [3.05, 3.63) is 58.9 Å². The summed E-state index contributed by atoms with van der Waals surface area (Å²) >= 11 is 0. The Bertz CT molecular complexity index is 2060. The number of imidazole rings is 1. The first-order chi connectivity index (χ1) is 27.3. The number of phenolic OH excluding ortho intramolecular Hbond substituents is 1. The van der Waals surface area contributed by atoms with Gasteiger partial charge < -0.3 is 70.2 Å². The molecule has 18 nitrogen and oxygen atoms in total. The van der Waals surface area contributed by atoms with Crippen molar-refractivity contribution in [1.29, 1.82) is 0 Å². The molecule has 4 heterocycles. The molecule has 6 rings (SSSR count). The number of fused-ring (bicyclic) bond motifs is 3. The van der Waals surface area contributed by atoms with Crippen molar-refractivity contribution in [3.8, 4) is 5.75 Å². The Labute approximate surface area is 328 Å². The summed E-state index contributed by atoms with van der Waals surface area (Å²) in [6.07, 6.45) is -10.9. The van der Waals surface area contributed by atoms with Crippen LogP contribution >= 0.6 is 0 Å². The number of nitrogens with one attached hydrogen (secondary N) is 2. The standard InChI is InChI=1S/C39H52N6O12/c1-6-7-12-25-44-26-28(22-10-8-9-11-23(22)43-36(26)40)45(25)16-20-13-18(2)29(48)21(14-20)15-41-37(52)35-34(53-4)31(50)32(51)39(57-35)56-33-27(42-19(3)47)38(54-5)55-24(17-46)30(33)49/h8-11,13-14,24,27,30-35,38-39,46,48-51H,6-7,12,15-17H2,1-5H3,(H2,40,43)(H,41,52)(H,42,47). The second-order valence-electron chi connectivity index (χ2n) is 14.5. The third kappa shape index (κ3) is 8.55. The van der Waals surface area contributed by atoms with Crippen LogP contribution in [0.2, 0.25) is 0 Å². The van der Waals surface area contributed by atoms with Gasteiger partial charge in [-0.1, -0.05) is 37.6 Å². The molecular weight excluding hydrogens is 744 g/mol. The first-order valence-corrected chi connectivity index (χ1v) is 18.9. The van der Waals surface area contributed by atoms with Gasteiger partial charge >= 0.3 is 0 Å². The fourth-order valence-electron chi connectivity index (χ4n) is 7.62. The first-order valence-electron chi connectivity index (χ1n) is 18.9. The van der Waals surface area contributed by atoms with E-state index in [1.54, 1.807) is 13.0 Å². The Balaban J connectivity index is 1.25. The molecule has 2 amide bonds. The molecule has 310 valence electrons. The molecule has 4 aromatic rings. The molecule has 10 unspecified atom stereocenters. The summed E-state index contributed by atoms with van der Waals surface area (Å²) in [5.74, 6) is -0.150. The van der Waals surface area contributed by atoms with E-state index in [0.717, 1.165) is 40.6 Å². The molecule has 2 aromatic heterocycles. The van der Waals surface area contributed by atoms with E-state index in [0.29, 0.717) is 35.4 Å². The number of carbonyl (C=O) groups is 2. The molecule has 0 radical (unpaired) electrons. The highest BCUT2D eigenvalue weighted by Gasteiger charge is 2.53. The van der Waals surface area contributed by atoms with Gasteiger partial charge in [0, 0.05) is 51.6 Å². The summed E-state index contributed by atoms with van der Waals surface area (Å²) in [7, 11) is 2.52. The number of hydrogen-bond acceptors (Lipinski definition) is 15. The van der Waals surface area contributed by atoms with Crippen LogP contribution in [0.4, 0.5) is 5.82 Å². The predicted octanol–water partition coefficient (Wildman–Crippen LogP) is 0.264. The number of aromatic nitrogens is 3. The lowest BCUT2D eigenvalue weighted by Gasteiger charge is -2.47. The lowest BCUT2D eigenvalue weighted by Crippen LogP contribution is -2.68. The quantitative estimate of drug-likeness (QED) is 0.0852. The molecular formula is C39H52N6O12. The van der Waals surface area contributed by atoms with Crippen LogP contribution in [0.5, 0.6) is 5.75 Å². The predicted molar refractivity (Wildman–Crippen MR) is 205 cm³/mol. The van der Waals surface area contributed by atoms with Crippen LogP contribution in [0.3, 0.4) is 0 Å². The number of nitrogens with two attached hydrogens (primary N) is 1. The van der Waals surface area contributed by atoms with E-state index in [1.807, 2.05) is 30.3 Å². The number of aliphatic hydroxyl groups excluding tert-OH is 4. The molecule has 2 aromatic carbocycles. The van der Waals surface area contributed by atoms with Crippen LogP contribution in [-0.2, 0) is 52.8 Å². The van der Waals surface area contributed by atoms with E-state index in [4.69, 9.17) is 34.4 Å². The fraction of sp³-hybridized carbons (Fsp3) is 0.538. The van der Waals surface area contributed by atoms with E-state index < -0.39 is 79.8 Å². The van der Waals surface area contributed by atoms with Gasteiger partial charge in [0.2, 0.25) is 5.91 Å². The number of methoxy groups -OCH3 is 2. The number of ether oxygens (including phenoxy) is 5. The topological polar surface area (TPSA) is 262 Å². The molecule has 0 bridgehead atoms. The van der Waals surface area contributed by atoms with Crippen molar-refractivity contribution in [2.45, 2.75) is 114 Å². The average Bonchev–Trinajstić information content (AvgIpc) is 3.55. The van der Waals surface area contributed by atoms with Gasteiger partial charge in [-0.05, 0) is 36.6 Å². The van der Waals surface area contributed by atoms with Gasteiger partial charge in [-0.2, -0.15) is 0 Å². The van der Waals surface area contributed by atoms with Crippen LogP contribution in [0.25, 0.3) is 21.9 Å². The molecule has 18 heteroatoms. The second-order valence-corrected chi connectivity index (χ2v) is 14.5. The summed E-state index contributed by atoms with van der Waals surface area (Å²) < 4.78 is 30.3. The number of para-hydroxylation sites is 1. The minimum atomic E-state index is -1.78. The zero-order chi connectivity index (χ0) is 41.1. The molecule has 2 aliphatic heterocycles. The van der Waals surface area contributed by atoms with Gasteiger partial charge in [-0.25, -0.2) is 9.97 Å². The van der Waals surface area contributed by atoms with Gasteiger partial charge in [0.25, 0.3) is 5.91 Å². The third-order valence-electron chi connectivity index (χ3n) is 10.5. The van der Waals surface area contributed by atoms with Crippen LogP contribution in [-0.4, -0.2) is 134 Å². The summed E-state index contributed by atoms with van der Waals surface area (Å²) in [5.41, 5.74) is 10.4. The van der Waals surface area contributed by atoms with Crippen LogP contribution < -0.4 is 16.4 Å². The Hall–Kier alpha value is -4.50. The van der Waals surface area contributed by atoms with Gasteiger partial charge in [0.05, 0.1) is 17.6 Å². The van der Waals surface area contributed by atoms with Crippen LogP contribution in [0, 0.1) is 6.92 Å². The van der Waals surface area contributed by atoms with Crippen molar-refractivity contribution in [2.24, 2.45) is 0 Å². The number of amides is 2. The third-order valence-corrected chi connectivity index (χ3v) is 10.5. The van der Waals surface area contributed by atoms with Crippen molar-refractivity contribution in [1.82, 2.24) is 25.2 Å². The maximum Gasteiger partial charge on any atom is 0.252 e. The number of hydrogen-bond donors (Lipinski definition) is 8. The van der Waals surface area contributed by atoms with E-state index in [2.05, 4.69) is 27.1 Å². The van der Waals surface area contributed by atoms with Crippen LogP contribution in [0.1, 0.15) is 49.2 Å². The fourth-order valence-corrected chi connectivity index (χ4v) is 7.62. The SMILES string of the molecule is CCCCc1nc2c(N)nc3ccccc3c2n1Cc1cc(C)c(O)c(CNC(=O)C2OC(OC3C(O)C(CO)OC(OC)C3NC(C)=O)C(O)C(O)C2OC)c1. The Morgan fingerprint density at radius 2 is 1.75 bits per heavy atom. The number of nitrogens with zero attached hydrogens (tertiary/aromatic N) is 3. The molecule has 2 saturated heterocycles. The molecule has 10 atom stereocenters. The Morgan fingerprint density at radius 1 is 1.00 bits per heavy atom. The number of aliphatic hydroxyl groups is 4. The number of unbranched alkanes of at least 4 members (excludes halogenated alkanes) is 1. The molecule has 57 heavy (non-hydrogen) atoms. The zero-order valence-corrected chi connectivity index (χ0v) is 32.5. The monoisotopic (exact) mass is 796 g/mol. The Morgan fingerprint density at radius 3 is 2.44 bits per heavy atom. The van der Waals surface area contributed by atoms with Crippen molar-refractivity contribution in [3.63, 3.8) is 0 Å². The first kappa shape index (κ1) is 42.1. The van der Waals surface area contributed by atoms with Gasteiger partial charge in [-0.15, -0.1) is 0 Å². The number of aryl methyl sites for hydroxylation is 2. The summed E-state index contributed by atoms with van der Waals surface area (Å²) in [6.45, 7) is 4.66. The molecule has 2 aliphatic rings. The number of nitrogen functional groups attached to an aromatic ring is 1. The van der Waals surface area contributed by atoms with E-state index in [1.165, 1.54) is 21.1 Å². The lowest BCUT2D eigenvalue weighted by molar-refractivity contribution is -0.338. The normalized spacial score (nSPS) is 27.8. The highest BCUT2D eigenvalue weighted by atomic mass is 16.7. The molecule has 0 saturated carbocycles. The smallest absolute Gasteiger partial charge is 0.252 e. The number of anilines is 1. The van der Waals surface area contributed by atoms with Crippen LogP contribution in [0.15, 0.2) is 36.4 Å². The average molecular weight is 797 g/mol. The maximum absolute atomic E-state index is 13.8. The zero-order valence-electron chi connectivity index (χ0n) is 32.5. The summed E-state index contributed by atoms with van der Waals surface area (Å²) in [4.78, 5) is 35.4. The highest BCUT2D eigenvalue weighted by molar-refractivity contribution is 6.06. The Kier molecular flexibility index (Phi) is 13.3. The molecule has 0 aliphatic carbocycles. The number of carbonyl (C=O) groups excluding carboxylic acids is 2. The largest absolute Gasteiger partial charge is 0.507 e. The second kappa shape index (κ2) is 18.0. The number of rotatable bonds is 14. The molecule has 2 fully saturated rings. The number of aromatic hydroxyl groups is 1. The number of phenols is 1. The maximum atomic E-state index is 13.8. The van der Waals surface area contributed by atoms with E-state index in [9.17, 15) is 35.1 Å². The minimum absolute atomic E-state index is 0.0344. The van der Waals surface area contributed by atoms with Crippen molar-refractivity contribution in [2.75, 3.05) is 26.6 Å². The minimum Gasteiger partial charge on any atom is -0.507 e. The number of benzene rings is 2. The van der Waals surface area contributed by atoms with E-state index >= 15 is 0 Å². The lowest BCUT2D eigenvalue weighted by atomic mass is 9.95. The van der Waals surface area contributed by atoms with Gasteiger partial charge in [-0.3, -0.25) is 9.59 Å². The molecule has 0 spiro atoms. The van der Waals surface area contributed by atoms with Gasteiger partial charge in [0.1, 0.15) is 59.8 Å². The molecule has 9 N–H and O–H groups in total. The van der Waals surface area contributed by atoms with E-state index in [-0.39, 0.29) is 12.3 Å². The van der Waals surface area contributed by atoms with Crippen molar-refractivity contribution >= 4 is 39.6 Å². The summed E-state index contributed by atoms with van der Waals surface area (Å²) in [6, 6.07) is 10.2. The summed E-state index contributed by atoms with van der Waals surface area (Å²) in [5, 5.41) is 60.4. The van der Waals surface area contributed by atoms with Crippen molar-refractivity contribution < 1.29 is 58.8 Å². The highest BCUT2D eigenvalue weighted by Crippen LogP contribution is 2.33. The number of pyridine rings is 1.